The van der Waals surface area contributed by atoms with E-state index in [1.165, 1.54) is 17.2 Å². The van der Waals surface area contributed by atoms with E-state index in [1.54, 1.807) is 0 Å². The van der Waals surface area contributed by atoms with Crippen LogP contribution in [0.1, 0.15) is 27.2 Å². The molecule has 0 saturated carbocycles. The quantitative estimate of drug-likeness (QED) is 0.727. The summed E-state index contributed by atoms with van der Waals surface area (Å²) in [6.45, 7) is 6.13. The van der Waals surface area contributed by atoms with Crippen LogP contribution in [0.25, 0.3) is 11.2 Å². The summed E-state index contributed by atoms with van der Waals surface area (Å²) in [5, 5.41) is 21.5. The normalized spacial score (nSPS) is 29.3. The Labute approximate surface area is 128 Å². The minimum absolute atomic E-state index is 0.0273. The number of anilines is 1. The van der Waals surface area contributed by atoms with Gasteiger partial charge in [-0.2, -0.15) is 0 Å². The molecule has 8 nitrogen and oxygen atoms in total. The van der Waals surface area contributed by atoms with Gasteiger partial charge in [-0.25, -0.2) is 15.0 Å². The molecule has 4 N–H and O–H groups in total. The lowest BCUT2D eigenvalue weighted by Gasteiger charge is -2.30. The summed E-state index contributed by atoms with van der Waals surface area (Å²) in [7, 11) is 0. The van der Waals surface area contributed by atoms with Crippen LogP contribution in [0.4, 0.5) is 5.82 Å². The van der Waals surface area contributed by atoms with Gasteiger partial charge in [-0.05, 0) is 11.8 Å². The number of aliphatic hydroxyl groups is 2. The van der Waals surface area contributed by atoms with E-state index in [4.69, 9.17) is 10.5 Å². The lowest BCUT2D eigenvalue weighted by molar-refractivity contribution is -0.109. The monoisotopic (exact) mass is 307 g/mol. The Kier molecular flexibility index (Phi) is 3.35. The summed E-state index contributed by atoms with van der Waals surface area (Å²) in [6, 6.07) is 0. The Hall–Kier alpha value is -1.77. The highest BCUT2D eigenvalue weighted by atomic mass is 16.5. The molecule has 2 aromatic heterocycles. The third kappa shape index (κ3) is 2.33. The van der Waals surface area contributed by atoms with Crippen molar-refractivity contribution in [2.24, 2.45) is 5.41 Å². The van der Waals surface area contributed by atoms with Gasteiger partial charge in [0.2, 0.25) is 0 Å². The number of hydrogen-bond acceptors (Lipinski definition) is 7. The van der Waals surface area contributed by atoms with Crippen LogP contribution >= 0.6 is 0 Å². The van der Waals surface area contributed by atoms with E-state index in [9.17, 15) is 10.2 Å². The average molecular weight is 307 g/mol. The van der Waals surface area contributed by atoms with Crippen LogP contribution in [0.15, 0.2) is 12.7 Å². The topological polar surface area (TPSA) is 119 Å². The minimum atomic E-state index is -1.62. The maximum Gasteiger partial charge on any atom is 0.197 e. The largest absolute Gasteiger partial charge is 0.385 e. The maximum absolute atomic E-state index is 10.9. The van der Waals surface area contributed by atoms with Gasteiger partial charge in [-0.15, -0.1) is 0 Å². The minimum Gasteiger partial charge on any atom is -0.385 e. The van der Waals surface area contributed by atoms with Gasteiger partial charge in [0, 0.05) is 0 Å². The molecule has 0 spiro atoms. The van der Waals surface area contributed by atoms with Crippen LogP contribution in [-0.2, 0) is 10.5 Å². The Morgan fingerprint density at radius 1 is 1.41 bits per heavy atom. The molecule has 0 amide bonds. The highest BCUT2D eigenvalue weighted by Gasteiger charge is 2.51. The molecule has 3 unspecified atom stereocenters. The highest BCUT2D eigenvalue weighted by molar-refractivity contribution is 5.81. The molecule has 2 aromatic rings. The van der Waals surface area contributed by atoms with Gasteiger partial charge >= 0.3 is 0 Å². The van der Waals surface area contributed by atoms with Crippen LogP contribution in [0, 0.1) is 5.41 Å². The molecule has 0 aliphatic carbocycles. The van der Waals surface area contributed by atoms with Crippen molar-refractivity contribution in [3.8, 4) is 0 Å². The average Bonchev–Trinajstić information content (AvgIpc) is 2.96. The van der Waals surface area contributed by atoms with Crippen molar-refractivity contribution in [2.45, 2.75) is 45.1 Å². The van der Waals surface area contributed by atoms with Crippen molar-refractivity contribution >= 4 is 17.0 Å². The maximum atomic E-state index is 10.9. The van der Waals surface area contributed by atoms with E-state index in [0.717, 1.165) is 0 Å². The van der Waals surface area contributed by atoms with E-state index in [0.29, 0.717) is 17.6 Å². The van der Waals surface area contributed by atoms with Crippen molar-refractivity contribution < 1.29 is 14.9 Å². The standard InChI is InChI=1S/C14H21N5O3/c1-13(2,3)4-8-10(20)14(21,5-22-8)19-7-18-9-11(15)16-6-17-12(9)19/h6-8,10,20-21H,4-5H2,1-3H3,(H2,15,16,17). The summed E-state index contributed by atoms with van der Waals surface area (Å²) < 4.78 is 7.05. The van der Waals surface area contributed by atoms with Gasteiger partial charge in [0.05, 0.1) is 19.0 Å². The van der Waals surface area contributed by atoms with Crippen molar-refractivity contribution in [3.05, 3.63) is 12.7 Å². The zero-order chi connectivity index (χ0) is 16.1. The number of ether oxygens (including phenoxy) is 1. The number of rotatable bonds is 2. The van der Waals surface area contributed by atoms with E-state index in [-0.39, 0.29) is 17.8 Å². The zero-order valence-corrected chi connectivity index (χ0v) is 12.9. The molecule has 22 heavy (non-hydrogen) atoms. The fourth-order valence-corrected chi connectivity index (χ4v) is 2.83. The third-order valence-electron chi connectivity index (χ3n) is 3.93. The molecule has 0 bridgehead atoms. The smallest absolute Gasteiger partial charge is 0.197 e. The number of nitrogens with two attached hydrogens (primary N) is 1. The fraction of sp³-hybridized carbons (Fsp3) is 0.643. The van der Waals surface area contributed by atoms with Crippen LogP contribution in [0.2, 0.25) is 0 Å². The molecule has 120 valence electrons. The van der Waals surface area contributed by atoms with Gasteiger partial charge < -0.3 is 20.7 Å². The Balaban J connectivity index is 1.98. The number of aliphatic hydroxyl groups excluding tert-OH is 1. The van der Waals surface area contributed by atoms with Crippen LogP contribution in [0.3, 0.4) is 0 Å². The first kappa shape index (κ1) is 15.1. The molecule has 1 aliphatic rings. The van der Waals surface area contributed by atoms with E-state index >= 15 is 0 Å². The molecule has 3 atom stereocenters. The summed E-state index contributed by atoms with van der Waals surface area (Å²) in [4.78, 5) is 12.1. The molecule has 0 radical (unpaired) electrons. The van der Waals surface area contributed by atoms with Crippen LogP contribution < -0.4 is 5.73 Å². The molecule has 3 heterocycles. The summed E-state index contributed by atoms with van der Waals surface area (Å²) in [6.07, 6.45) is 1.79. The van der Waals surface area contributed by atoms with E-state index in [1.807, 2.05) is 0 Å². The van der Waals surface area contributed by atoms with Gasteiger partial charge in [0.1, 0.15) is 17.9 Å². The number of hydrogen-bond donors (Lipinski definition) is 3. The molecule has 1 saturated heterocycles. The summed E-state index contributed by atoms with van der Waals surface area (Å²) >= 11 is 0. The first-order chi connectivity index (χ1) is 10.2. The summed E-state index contributed by atoms with van der Waals surface area (Å²) in [5.74, 6) is 0.229. The third-order valence-corrected chi connectivity index (χ3v) is 3.93. The predicted molar refractivity (Wildman–Crippen MR) is 79.7 cm³/mol. The number of fused-ring (bicyclic) bond motifs is 1. The zero-order valence-electron chi connectivity index (χ0n) is 12.9. The van der Waals surface area contributed by atoms with Crippen LogP contribution in [-0.4, -0.2) is 48.5 Å². The SMILES string of the molecule is CC(C)(C)CC1OCC(O)(n2cnc3c(N)ncnc32)C1O. The molecule has 1 aliphatic heterocycles. The van der Waals surface area contributed by atoms with Crippen molar-refractivity contribution in [1.82, 2.24) is 19.5 Å². The Morgan fingerprint density at radius 3 is 2.82 bits per heavy atom. The summed E-state index contributed by atoms with van der Waals surface area (Å²) in [5.41, 5.74) is 4.87. The van der Waals surface area contributed by atoms with Crippen LogP contribution in [0.5, 0.6) is 0 Å². The van der Waals surface area contributed by atoms with Crippen molar-refractivity contribution in [2.75, 3.05) is 12.3 Å². The van der Waals surface area contributed by atoms with Gasteiger partial charge in [0.25, 0.3) is 0 Å². The Morgan fingerprint density at radius 2 is 2.14 bits per heavy atom. The second-order valence-corrected chi connectivity index (χ2v) is 6.98. The number of aromatic nitrogens is 4. The number of nitrogens with zero attached hydrogens (tertiary/aromatic N) is 4. The van der Waals surface area contributed by atoms with Crippen molar-refractivity contribution in [1.29, 1.82) is 0 Å². The lowest BCUT2D eigenvalue weighted by Crippen LogP contribution is -2.46. The molecule has 0 aromatic carbocycles. The fourth-order valence-electron chi connectivity index (χ4n) is 2.83. The second-order valence-electron chi connectivity index (χ2n) is 6.98. The van der Waals surface area contributed by atoms with E-state index < -0.39 is 17.9 Å². The van der Waals surface area contributed by atoms with Gasteiger partial charge in [-0.3, -0.25) is 4.57 Å². The number of imidazole rings is 1. The molecule has 1 fully saturated rings. The first-order valence-electron chi connectivity index (χ1n) is 7.18. The molecule has 8 heteroatoms. The Bertz CT molecular complexity index is 695. The van der Waals surface area contributed by atoms with Gasteiger partial charge in [0.15, 0.2) is 17.2 Å². The highest BCUT2D eigenvalue weighted by Crippen LogP contribution is 2.37. The predicted octanol–water partition coefficient (Wildman–Crippen LogP) is 0.249. The van der Waals surface area contributed by atoms with Crippen molar-refractivity contribution in [3.63, 3.8) is 0 Å². The lowest BCUT2D eigenvalue weighted by atomic mass is 9.86. The second kappa shape index (κ2) is 4.87. The number of nitrogen functional groups attached to an aromatic ring is 1. The molecule has 3 rings (SSSR count). The van der Waals surface area contributed by atoms with Gasteiger partial charge in [-0.1, -0.05) is 20.8 Å². The molecular weight excluding hydrogens is 286 g/mol. The first-order valence-corrected chi connectivity index (χ1v) is 7.18. The van der Waals surface area contributed by atoms with E-state index in [2.05, 4.69) is 35.7 Å². The molecular formula is C14H21N5O3.